The van der Waals surface area contributed by atoms with Crippen molar-refractivity contribution in [2.75, 3.05) is 14.2 Å². The monoisotopic (exact) mass is 607 g/mol. The summed E-state index contributed by atoms with van der Waals surface area (Å²) in [4.78, 5) is 56.3. The zero-order valence-electron chi connectivity index (χ0n) is 24.8. The second-order valence-electron chi connectivity index (χ2n) is 11.3. The molecule has 1 aliphatic carbocycles. The molecule has 1 unspecified atom stereocenters. The van der Waals surface area contributed by atoms with Crippen molar-refractivity contribution in [3.63, 3.8) is 0 Å². The second kappa shape index (κ2) is 14.7. The van der Waals surface area contributed by atoms with Crippen molar-refractivity contribution in [3.05, 3.63) is 51.5 Å². The molecule has 2 aromatic rings. The van der Waals surface area contributed by atoms with Gasteiger partial charge in [0.05, 0.1) is 13.0 Å². The number of carbonyl (C=O) groups excluding carboxylic acids is 4. The molecule has 4 atom stereocenters. The lowest BCUT2D eigenvalue weighted by atomic mass is 9.95. The number of aromatic nitrogens is 1. The molecule has 230 valence electrons. The highest BCUT2D eigenvalue weighted by atomic mass is 32.1. The molecule has 1 fully saturated rings. The molecule has 0 aliphatic heterocycles. The molecule has 1 aromatic heterocycles. The van der Waals surface area contributed by atoms with Gasteiger partial charge in [0.15, 0.2) is 6.10 Å². The van der Waals surface area contributed by atoms with E-state index in [1.54, 1.807) is 18.9 Å². The molecule has 1 saturated carbocycles. The normalized spacial score (nSPS) is 15.8. The molecule has 1 aliphatic rings. The van der Waals surface area contributed by atoms with E-state index in [0.29, 0.717) is 17.0 Å². The lowest BCUT2D eigenvalue weighted by Gasteiger charge is -2.33. The first kappa shape index (κ1) is 33.1. The van der Waals surface area contributed by atoms with Crippen LogP contribution in [0.2, 0.25) is 0 Å². The van der Waals surface area contributed by atoms with Crippen LogP contribution < -0.4 is 5.32 Å². The number of hydrogen-bond donors (Lipinski definition) is 1. The molecule has 0 bridgehead atoms. The fourth-order valence-corrected chi connectivity index (χ4v) is 5.85. The summed E-state index contributed by atoms with van der Waals surface area (Å²) in [5.74, 6) is -3.47. The van der Waals surface area contributed by atoms with Crippen LogP contribution in [0.25, 0.3) is 0 Å². The van der Waals surface area contributed by atoms with Gasteiger partial charge in [-0.3, -0.25) is 19.2 Å². The second-order valence-corrected chi connectivity index (χ2v) is 12.1. The summed E-state index contributed by atoms with van der Waals surface area (Å²) in [6, 6.07) is 2.21. The van der Waals surface area contributed by atoms with Gasteiger partial charge in [-0.05, 0) is 49.3 Å². The summed E-state index contributed by atoms with van der Waals surface area (Å²) in [5.41, 5.74) is 0.380. The van der Waals surface area contributed by atoms with Gasteiger partial charge >= 0.3 is 11.9 Å². The number of halogens is 2. The van der Waals surface area contributed by atoms with E-state index in [2.05, 4.69) is 10.3 Å². The molecule has 1 N–H and O–H groups in total. The number of thiazole rings is 1. The highest BCUT2D eigenvalue weighted by Gasteiger charge is 2.37. The van der Waals surface area contributed by atoms with Crippen molar-refractivity contribution in [1.82, 2.24) is 15.2 Å². The van der Waals surface area contributed by atoms with Crippen molar-refractivity contribution in [1.29, 1.82) is 0 Å². The van der Waals surface area contributed by atoms with E-state index in [9.17, 15) is 28.0 Å². The Labute approximate surface area is 249 Å². The van der Waals surface area contributed by atoms with Crippen LogP contribution in [0.3, 0.4) is 0 Å². The van der Waals surface area contributed by atoms with Gasteiger partial charge in [-0.15, -0.1) is 11.3 Å². The van der Waals surface area contributed by atoms with Gasteiger partial charge in [0.25, 0.3) is 5.91 Å². The molecule has 42 heavy (non-hydrogen) atoms. The first-order valence-electron chi connectivity index (χ1n) is 14.0. The Hall–Kier alpha value is -3.41. The van der Waals surface area contributed by atoms with Crippen LogP contribution in [-0.4, -0.2) is 59.9 Å². The zero-order valence-corrected chi connectivity index (χ0v) is 25.6. The Bertz CT molecular complexity index is 1260. The third-order valence-corrected chi connectivity index (χ3v) is 8.25. The smallest absolute Gasteiger partial charge is 0.308 e. The third kappa shape index (κ3) is 9.30. The molecular weight excluding hydrogens is 568 g/mol. The van der Waals surface area contributed by atoms with E-state index < -0.39 is 47.5 Å². The van der Waals surface area contributed by atoms with Crippen LogP contribution >= 0.6 is 11.3 Å². The molecule has 1 aromatic carbocycles. The average Bonchev–Trinajstić information content (AvgIpc) is 3.64. The molecule has 0 saturated heterocycles. The number of nitrogens with zero attached hydrogens (tertiary/aromatic N) is 2. The van der Waals surface area contributed by atoms with Crippen LogP contribution in [0.5, 0.6) is 0 Å². The van der Waals surface area contributed by atoms with Crippen molar-refractivity contribution in [2.24, 2.45) is 17.8 Å². The summed E-state index contributed by atoms with van der Waals surface area (Å²) in [5, 5.41) is 4.76. The number of rotatable bonds is 14. The Kier molecular flexibility index (Phi) is 11.6. The number of methoxy groups -OCH3 is 1. The van der Waals surface area contributed by atoms with Crippen LogP contribution in [-0.2, 0) is 30.3 Å². The average molecular weight is 608 g/mol. The molecule has 1 heterocycles. The maximum Gasteiger partial charge on any atom is 0.308 e. The molecule has 0 spiro atoms. The number of hydrogen-bond acceptors (Lipinski definition) is 8. The van der Waals surface area contributed by atoms with Gasteiger partial charge in [0.1, 0.15) is 22.3 Å². The minimum atomic E-state index is -0.777. The lowest BCUT2D eigenvalue weighted by molar-refractivity contribution is -0.148. The SMILES string of the molecule is COC(=O)[C@@H](C)C[C@H](Cc1cc(F)cc(F)c1)NC(=O)c1csc([C@@H](CC(C(C)C)N(C)C(=O)C2CC2)OC(C)=O)n1. The van der Waals surface area contributed by atoms with Gasteiger partial charge < -0.3 is 19.7 Å². The summed E-state index contributed by atoms with van der Waals surface area (Å²) in [6.07, 6.45) is 1.50. The predicted molar refractivity (Wildman–Crippen MR) is 152 cm³/mol. The maximum absolute atomic E-state index is 13.8. The van der Waals surface area contributed by atoms with E-state index in [4.69, 9.17) is 9.47 Å². The number of benzene rings is 1. The molecule has 12 heteroatoms. The van der Waals surface area contributed by atoms with Gasteiger partial charge in [-0.1, -0.05) is 20.8 Å². The standard InChI is InChI=1S/C30H39F2N3O6S/c1-16(2)25(35(5)29(38)20-7-8-20)14-26(41-18(4)36)28-34-24(15-42-28)27(37)33-23(9-17(3)30(39)40-6)12-19-10-21(31)13-22(32)11-19/h10-11,13,15-17,20,23,25-26H,7-9,12,14H2,1-6H3,(H,33,37)/t17-,23+,25?,26+/m0/s1. The first-order valence-corrected chi connectivity index (χ1v) is 14.9. The Morgan fingerprint density at radius 3 is 2.29 bits per heavy atom. The fourth-order valence-electron chi connectivity index (χ4n) is 5.01. The van der Waals surface area contributed by atoms with E-state index in [0.717, 1.165) is 30.2 Å². The predicted octanol–water partition coefficient (Wildman–Crippen LogP) is 4.85. The summed E-state index contributed by atoms with van der Waals surface area (Å²) >= 11 is 1.15. The van der Waals surface area contributed by atoms with Crippen LogP contribution in [0.15, 0.2) is 23.6 Å². The first-order chi connectivity index (χ1) is 19.8. The topological polar surface area (TPSA) is 115 Å². The lowest BCUT2D eigenvalue weighted by Crippen LogP contribution is -2.42. The maximum atomic E-state index is 13.8. The van der Waals surface area contributed by atoms with E-state index in [-0.39, 0.29) is 42.3 Å². The van der Waals surface area contributed by atoms with Gasteiger partial charge in [-0.2, -0.15) is 0 Å². The quantitative estimate of drug-likeness (QED) is 0.306. The van der Waals surface area contributed by atoms with E-state index in [1.807, 2.05) is 13.8 Å². The molecule has 9 nitrogen and oxygen atoms in total. The minimum absolute atomic E-state index is 0.0392. The zero-order chi connectivity index (χ0) is 31.1. The van der Waals surface area contributed by atoms with Crippen molar-refractivity contribution in [3.8, 4) is 0 Å². The van der Waals surface area contributed by atoms with Gasteiger partial charge in [0, 0.05) is 49.8 Å². The van der Waals surface area contributed by atoms with Crippen molar-refractivity contribution < 1.29 is 37.4 Å². The van der Waals surface area contributed by atoms with E-state index in [1.165, 1.54) is 31.5 Å². The Balaban J connectivity index is 1.80. The fraction of sp³-hybridized carbons (Fsp3) is 0.567. The van der Waals surface area contributed by atoms with Crippen LogP contribution in [0, 0.1) is 29.4 Å². The van der Waals surface area contributed by atoms with Crippen LogP contribution in [0.4, 0.5) is 8.78 Å². The highest BCUT2D eigenvalue weighted by molar-refractivity contribution is 7.09. The summed E-state index contributed by atoms with van der Waals surface area (Å²) < 4.78 is 38.1. The van der Waals surface area contributed by atoms with E-state index >= 15 is 0 Å². The van der Waals surface area contributed by atoms with Crippen LogP contribution in [0.1, 0.15) is 80.5 Å². The number of ether oxygens (including phenoxy) is 2. The Morgan fingerprint density at radius 2 is 1.74 bits per heavy atom. The highest BCUT2D eigenvalue weighted by Crippen LogP contribution is 2.35. The van der Waals surface area contributed by atoms with Crippen molar-refractivity contribution in [2.45, 2.75) is 78.0 Å². The minimum Gasteiger partial charge on any atom is -0.469 e. The number of amides is 2. The third-order valence-electron chi connectivity index (χ3n) is 7.32. The Morgan fingerprint density at radius 1 is 1.10 bits per heavy atom. The molecule has 2 amide bonds. The number of carbonyl (C=O) groups is 4. The van der Waals surface area contributed by atoms with Gasteiger partial charge in [-0.25, -0.2) is 13.8 Å². The van der Waals surface area contributed by atoms with Gasteiger partial charge in [0.2, 0.25) is 5.91 Å². The summed E-state index contributed by atoms with van der Waals surface area (Å²) in [7, 11) is 3.02. The largest absolute Gasteiger partial charge is 0.469 e. The van der Waals surface area contributed by atoms with Crippen molar-refractivity contribution >= 4 is 35.1 Å². The number of nitrogens with one attached hydrogen (secondary N) is 1. The molecule has 3 rings (SSSR count). The number of esters is 2. The molecular formula is C30H39F2N3O6S. The summed E-state index contributed by atoms with van der Waals surface area (Å²) in [6.45, 7) is 6.91. The molecule has 0 radical (unpaired) electrons.